The van der Waals surface area contributed by atoms with Gasteiger partial charge < -0.3 is 10.1 Å². The molecule has 1 N–H and O–H groups in total. The number of hydrogen-bond donors (Lipinski definition) is 1. The van der Waals surface area contributed by atoms with Gasteiger partial charge in [-0.25, -0.2) is 0 Å². The quantitative estimate of drug-likeness (QED) is 0.631. The molecule has 1 saturated carbocycles. The molecular formula is C15H22N2O3. The summed E-state index contributed by atoms with van der Waals surface area (Å²) in [5.74, 6) is 0.303. The van der Waals surface area contributed by atoms with Crippen molar-refractivity contribution >= 4 is 11.4 Å². The van der Waals surface area contributed by atoms with Crippen LogP contribution in [-0.2, 0) is 0 Å². The maximum Gasteiger partial charge on any atom is 0.333 e. The second kappa shape index (κ2) is 6.11. The first kappa shape index (κ1) is 14.6. The Kier molecular flexibility index (Phi) is 4.47. The summed E-state index contributed by atoms with van der Waals surface area (Å²) in [7, 11) is 1.45. The molecule has 0 amide bonds. The summed E-state index contributed by atoms with van der Waals surface area (Å²) >= 11 is 0. The van der Waals surface area contributed by atoms with Gasteiger partial charge in [-0.3, -0.25) is 10.1 Å². The van der Waals surface area contributed by atoms with Crippen LogP contribution in [0.5, 0.6) is 5.75 Å². The zero-order valence-corrected chi connectivity index (χ0v) is 12.1. The van der Waals surface area contributed by atoms with Gasteiger partial charge in [-0.2, -0.15) is 0 Å². The van der Waals surface area contributed by atoms with Crippen molar-refractivity contribution in [1.82, 2.24) is 0 Å². The lowest BCUT2D eigenvalue weighted by atomic mass is 9.83. The number of methoxy groups -OCH3 is 1. The fourth-order valence-electron chi connectivity index (χ4n) is 3.08. The summed E-state index contributed by atoms with van der Waals surface area (Å²) in [4.78, 5) is 10.9. The number of rotatable bonds is 6. The first-order valence-corrected chi connectivity index (χ1v) is 7.17. The Balaban J connectivity index is 2.19. The molecule has 2 rings (SSSR count). The maximum absolute atomic E-state index is 11.2. The highest BCUT2D eigenvalue weighted by Crippen LogP contribution is 2.42. The molecule has 0 unspecified atom stereocenters. The van der Waals surface area contributed by atoms with E-state index in [2.05, 4.69) is 12.2 Å². The number of nitro groups is 1. The molecule has 20 heavy (non-hydrogen) atoms. The first-order chi connectivity index (χ1) is 9.62. The van der Waals surface area contributed by atoms with Gasteiger partial charge in [0.2, 0.25) is 0 Å². The summed E-state index contributed by atoms with van der Waals surface area (Å²) in [5, 5.41) is 14.5. The van der Waals surface area contributed by atoms with Gasteiger partial charge in [0, 0.05) is 6.54 Å². The Morgan fingerprint density at radius 3 is 2.65 bits per heavy atom. The van der Waals surface area contributed by atoms with Gasteiger partial charge in [-0.1, -0.05) is 25.8 Å². The van der Waals surface area contributed by atoms with Crippen LogP contribution in [-0.4, -0.2) is 18.6 Å². The van der Waals surface area contributed by atoms with E-state index in [0.717, 1.165) is 13.0 Å². The van der Waals surface area contributed by atoms with E-state index in [-0.39, 0.29) is 16.0 Å². The average Bonchev–Trinajstić information content (AvgIpc) is 2.93. The average molecular weight is 278 g/mol. The van der Waals surface area contributed by atoms with E-state index in [9.17, 15) is 10.1 Å². The molecule has 1 fully saturated rings. The highest BCUT2D eigenvalue weighted by Gasteiger charge is 2.32. The number of para-hydroxylation sites is 1. The predicted molar refractivity (Wildman–Crippen MR) is 79.3 cm³/mol. The van der Waals surface area contributed by atoms with E-state index in [0.29, 0.717) is 11.4 Å². The monoisotopic (exact) mass is 278 g/mol. The molecule has 0 radical (unpaired) electrons. The third kappa shape index (κ3) is 2.86. The molecular weight excluding hydrogens is 256 g/mol. The Morgan fingerprint density at radius 2 is 2.10 bits per heavy atom. The maximum atomic E-state index is 11.2. The first-order valence-electron chi connectivity index (χ1n) is 7.17. The summed E-state index contributed by atoms with van der Waals surface area (Å²) in [5.41, 5.74) is 0.866. The lowest BCUT2D eigenvalue weighted by Gasteiger charge is -2.28. The third-order valence-electron chi connectivity index (χ3n) is 4.47. The molecule has 1 aliphatic carbocycles. The minimum absolute atomic E-state index is 0.0271. The molecule has 0 aromatic heterocycles. The lowest BCUT2D eigenvalue weighted by Crippen LogP contribution is -2.26. The van der Waals surface area contributed by atoms with Crippen LogP contribution in [0.3, 0.4) is 0 Å². The molecule has 5 nitrogen and oxygen atoms in total. The van der Waals surface area contributed by atoms with Gasteiger partial charge in [0.05, 0.1) is 12.0 Å². The fraction of sp³-hybridized carbons (Fsp3) is 0.600. The highest BCUT2D eigenvalue weighted by atomic mass is 16.6. The fourth-order valence-corrected chi connectivity index (χ4v) is 3.08. The largest absolute Gasteiger partial charge is 0.490 e. The summed E-state index contributed by atoms with van der Waals surface area (Å²) in [6, 6.07) is 5.15. The molecule has 110 valence electrons. The topological polar surface area (TPSA) is 64.4 Å². The van der Waals surface area contributed by atoms with Gasteiger partial charge in [0.25, 0.3) is 0 Å². The van der Waals surface area contributed by atoms with E-state index in [1.54, 1.807) is 18.2 Å². The zero-order valence-electron chi connectivity index (χ0n) is 12.1. The van der Waals surface area contributed by atoms with Gasteiger partial charge in [-0.05, 0) is 36.8 Å². The molecule has 0 aliphatic heterocycles. The Labute approximate surface area is 119 Å². The molecule has 0 atom stereocenters. The van der Waals surface area contributed by atoms with Crippen LogP contribution < -0.4 is 10.1 Å². The molecule has 1 aliphatic rings. The molecule has 1 aromatic carbocycles. The van der Waals surface area contributed by atoms with Gasteiger partial charge >= 0.3 is 5.69 Å². The lowest BCUT2D eigenvalue weighted by molar-refractivity contribution is -0.384. The number of anilines is 1. The van der Waals surface area contributed by atoms with Crippen molar-refractivity contribution in [2.45, 2.75) is 39.0 Å². The summed E-state index contributed by atoms with van der Waals surface area (Å²) in [6.07, 6.45) is 6.03. The molecule has 0 saturated heterocycles. The molecule has 1 aromatic rings. The second-order valence-corrected chi connectivity index (χ2v) is 5.53. The number of ether oxygens (including phenoxy) is 1. The normalized spacial score (nSPS) is 16.9. The standard InChI is InChI=1S/C15H22N2O3/c1-3-15(9-4-5-10-15)11-16-12-7-6-8-13(20-2)14(12)17(18)19/h6-8,16H,3-5,9-11H2,1-2H3. The van der Waals surface area contributed by atoms with Crippen LogP contribution in [0.15, 0.2) is 18.2 Å². The summed E-state index contributed by atoms with van der Waals surface area (Å²) < 4.78 is 5.09. The molecule has 5 heteroatoms. The highest BCUT2D eigenvalue weighted by molar-refractivity contribution is 5.68. The number of nitrogens with one attached hydrogen (secondary N) is 1. The minimum Gasteiger partial charge on any atom is -0.490 e. The van der Waals surface area contributed by atoms with E-state index >= 15 is 0 Å². The Bertz CT molecular complexity index is 482. The number of hydrogen-bond acceptors (Lipinski definition) is 4. The number of nitro benzene ring substituents is 1. The smallest absolute Gasteiger partial charge is 0.333 e. The van der Waals surface area contributed by atoms with Crippen molar-refractivity contribution < 1.29 is 9.66 Å². The van der Waals surface area contributed by atoms with Crippen molar-refractivity contribution in [3.8, 4) is 5.75 Å². The van der Waals surface area contributed by atoms with Crippen molar-refractivity contribution in [2.24, 2.45) is 5.41 Å². The minimum atomic E-state index is -0.381. The Hall–Kier alpha value is -1.78. The second-order valence-electron chi connectivity index (χ2n) is 5.53. The van der Waals surface area contributed by atoms with Crippen molar-refractivity contribution in [1.29, 1.82) is 0 Å². The van der Waals surface area contributed by atoms with E-state index in [1.807, 2.05) is 0 Å². The van der Waals surface area contributed by atoms with Gasteiger partial charge in [0.15, 0.2) is 5.75 Å². The van der Waals surface area contributed by atoms with E-state index in [4.69, 9.17) is 4.74 Å². The van der Waals surface area contributed by atoms with Gasteiger partial charge in [-0.15, -0.1) is 0 Å². The van der Waals surface area contributed by atoms with Crippen LogP contribution in [0.25, 0.3) is 0 Å². The van der Waals surface area contributed by atoms with Crippen LogP contribution in [0.4, 0.5) is 11.4 Å². The van der Waals surface area contributed by atoms with E-state index < -0.39 is 0 Å². The van der Waals surface area contributed by atoms with E-state index in [1.165, 1.54) is 32.8 Å². The Morgan fingerprint density at radius 1 is 1.40 bits per heavy atom. The predicted octanol–water partition coefficient (Wildman–Crippen LogP) is 3.99. The van der Waals surface area contributed by atoms with Crippen LogP contribution in [0.2, 0.25) is 0 Å². The number of nitrogens with zero attached hydrogens (tertiary/aromatic N) is 1. The van der Waals surface area contributed by atoms with Crippen LogP contribution >= 0.6 is 0 Å². The number of benzene rings is 1. The molecule has 0 spiro atoms. The zero-order chi connectivity index (χ0) is 14.6. The van der Waals surface area contributed by atoms with Crippen LogP contribution in [0.1, 0.15) is 39.0 Å². The van der Waals surface area contributed by atoms with Crippen molar-refractivity contribution in [3.05, 3.63) is 28.3 Å². The van der Waals surface area contributed by atoms with Crippen molar-refractivity contribution in [3.63, 3.8) is 0 Å². The molecule has 0 bridgehead atoms. The molecule has 0 heterocycles. The SMILES string of the molecule is CCC1(CNc2cccc(OC)c2[N+](=O)[O-])CCCC1. The van der Waals surface area contributed by atoms with Crippen LogP contribution in [0, 0.1) is 15.5 Å². The third-order valence-corrected chi connectivity index (χ3v) is 4.47. The van der Waals surface area contributed by atoms with Crippen molar-refractivity contribution in [2.75, 3.05) is 19.0 Å². The summed E-state index contributed by atoms with van der Waals surface area (Å²) in [6.45, 7) is 2.99. The van der Waals surface area contributed by atoms with Gasteiger partial charge in [0.1, 0.15) is 5.69 Å².